The van der Waals surface area contributed by atoms with Crippen molar-refractivity contribution in [1.29, 1.82) is 0 Å². The van der Waals surface area contributed by atoms with E-state index in [0.717, 1.165) is 43.3 Å². The van der Waals surface area contributed by atoms with Gasteiger partial charge in [-0.15, -0.1) is 0 Å². The van der Waals surface area contributed by atoms with Crippen LogP contribution in [0.15, 0.2) is 23.8 Å². The van der Waals surface area contributed by atoms with Gasteiger partial charge in [0.25, 0.3) is 0 Å². The average Bonchev–Trinajstić information content (AvgIpc) is 2.50. The maximum Gasteiger partial charge on any atom is 0.306 e. The van der Waals surface area contributed by atoms with Crippen molar-refractivity contribution in [3.05, 3.63) is 23.8 Å². The Labute approximate surface area is 147 Å². The highest BCUT2D eigenvalue weighted by Gasteiger charge is 2.51. The first-order valence-corrected chi connectivity index (χ1v) is 9.55. The molecule has 0 aromatic rings. The molecule has 136 valence electrons. The van der Waals surface area contributed by atoms with Crippen LogP contribution in [0.1, 0.15) is 72.6 Å². The number of allylic oxidation sites excluding steroid dienone is 1. The molecular weight excluding hydrogens is 300 g/mol. The number of esters is 1. The second-order valence-corrected chi connectivity index (χ2v) is 8.00. The number of carbonyl (C=O) groups excluding carboxylic acids is 1. The Hall–Kier alpha value is -1.09. The van der Waals surface area contributed by atoms with Crippen LogP contribution in [0.3, 0.4) is 0 Å². The molecule has 5 atom stereocenters. The zero-order valence-corrected chi connectivity index (χ0v) is 15.8. The normalized spacial score (nSPS) is 35.8. The fourth-order valence-corrected chi connectivity index (χ4v) is 4.41. The first kappa shape index (κ1) is 19.2. The van der Waals surface area contributed by atoms with E-state index in [1.807, 2.05) is 6.92 Å². The van der Waals surface area contributed by atoms with E-state index < -0.39 is 5.60 Å². The van der Waals surface area contributed by atoms with Crippen LogP contribution in [-0.2, 0) is 9.53 Å². The van der Waals surface area contributed by atoms with E-state index in [4.69, 9.17) is 4.74 Å². The van der Waals surface area contributed by atoms with Gasteiger partial charge in [0.05, 0.1) is 5.60 Å². The van der Waals surface area contributed by atoms with E-state index in [1.54, 1.807) is 0 Å². The SMILES string of the molecule is C=C(C)[C@@H]1CC[C@@H](C)[C@]2(O)C[C@@H](OC(=O)CCCCC)C(C)=C[C@@H]12. The van der Waals surface area contributed by atoms with Crippen molar-refractivity contribution in [2.75, 3.05) is 0 Å². The fraction of sp³-hybridized carbons (Fsp3) is 0.762. The zero-order chi connectivity index (χ0) is 17.9. The maximum atomic E-state index is 12.1. The molecule has 0 amide bonds. The summed E-state index contributed by atoms with van der Waals surface area (Å²) in [6, 6.07) is 0. The number of unbranched alkanes of at least 4 members (excludes halogenated alkanes) is 2. The van der Waals surface area contributed by atoms with Crippen LogP contribution in [0.25, 0.3) is 0 Å². The minimum Gasteiger partial charge on any atom is -0.458 e. The highest BCUT2D eigenvalue weighted by molar-refractivity contribution is 5.69. The molecule has 1 saturated carbocycles. The van der Waals surface area contributed by atoms with Crippen molar-refractivity contribution in [3.63, 3.8) is 0 Å². The van der Waals surface area contributed by atoms with Crippen molar-refractivity contribution < 1.29 is 14.6 Å². The molecule has 0 spiro atoms. The number of hydrogen-bond donors (Lipinski definition) is 1. The lowest BCUT2D eigenvalue weighted by atomic mass is 9.58. The van der Waals surface area contributed by atoms with Gasteiger partial charge >= 0.3 is 5.97 Å². The second-order valence-electron chi connectivity index (χ2n) is 8.00. The van der Waals surface area contributed by atoms with E-state index in [2.05, 4.69) is 33.4 Å². The van der Waals surface area contributed by atoms with E-state index in [0.29, 0.717) is 18.8 Å². The Kier molecular flexibility index (Phi) is 6.30. The Morgan fingerprint density at radius 3 is 2.75 bits per heavy atom. The molecule has 3 nitrogen and oxygen atoms in total. The lowest BCUT2D eigenvalue weighted by Gasteiger charge is -2.51. The zero-order valence-electron chi connectivity index (χ0n) is 15.8. The summed E-state index contributed by atoms with van der Waals surface area (Å²) >= 11 is 0. The van der Waals surface area contributed by atoms with Gasteiger partial charge in [0.15, 0.2) is 0 Å². The first-order valence-electron chi connectivity index (χ1n) is 9.55. The lowest BCUT2D eigenvalue weighted by Crippen LogP contribution is -2.54. The predicted octanol–water partition coefficient (Wildman–Crippen LogP) is 4.80. The molecule has 0 aliphatic heterocycles. The average molecular weight is 335 g/mol. The summed E-state index contributed by atoms with van der Waals surface area (Å²) in [6.07, 6.45) is 7.96. The number of aliphatic hydroxyl groups is 1. The van der Waals surface area contributed by atoms with Gasteiger partial charge in [-0.05, 0) is 50.5 Å². The van der Waals surface area contributed by atoms with Crippen LogP contribution < -0.4 is 0 Å². The summed E-state index contributed by atoms with van der Waals surface area (Å²) in [5, 5.41) is 11.4. The van der Waals surface area contributed by atoms with Crippen LogP contribution in [0.2, 0.25) is 0 Å². The molecule has 0 aromatic carbocycles. The van der Waals surface area contributed by atoms with E-state index in [1.165, 1.54) is 0 Å². The lowest BCUT2D eigenvalue weighted by molar-refractivity contribution is -0.158. The molecule has 1 fully saturated rings. The van der Waals surface area contributed by atoms with Crippen molar-refractivity contribution in [3.8, 4) is 0 Å². The van der Waals surface area contributed by atoms with E-state index in [9.17, 15) is 9.90 Å². The topological polar surface area (TPSA) is 46.5 Å². The molecule has 0 aromatic heterocycles. The maximum absolute atomic E-state index is 12.1. The highest BCUT2D eigenvalue weighted by atomic mass is 16.5. The molecule has 2 rings (SSSR count). The molecule has 0 heterocycles. The second kappa shape index (κ2) is 7.86. The van der Waals surface area contributed by atoms with E-state index in [-0.39, 0.29) is 23.9 Å². The van der Waals surface area contributed by atoms with Gasteiger partial charge in [-0.1, -0.05) is 44.9 Å². The number of hydrogen-bond acceptors (Lipinski definition) is 3. The number of carbonyl (C=O) groups is 1. The van der Waals surface area contributed by atoms with Crippen LogP contribution >= 0.6 is 0 Å². The minimum absolute atomic E-state index is 0.0915. The van der Waals surface area contributed by atoms with Gasteiger partial charge in [-0.25, -0.2) is 0 Å². The summed E-state index contributed by atoms with van der Waals surface area (Å²) in [5.74, 6) is 0.489. The molecule has 2 aliphatic carbocycles. The Morgan fingerprint density at radius 1 is 1.42 bits per heavy atom. The van der Waals surface area contributed by atoms with Crippen LogP contribution in [0.4, 0.5) is 0 Å². The third-order valence-electron chi connectivity index (χ3n) is 6.13. The van der Waals surface area contributed by atoms with Crippen molar-refractivity contribution in [1.82, 2.24) is 0 Å². The summed E-state index contributed by atoms with van der Waals surface area (Å²) in [5.41, 5.74) is 1.42. The van der Waals surface area contributed by atoms with Gasteiger partial charge in [0, 0.05) is 18.8 Å². The first-order chi connectivity index (χ1) is 11.3. The molecular formula is C21H34O3. The summed E-state index contributed by atoms with van der Waals surface area (Å²) in [4.78, 5) is 12.1. The molecule has 2 aliphatic rings. The largest absolute Gasteiger partial charge is 0.458 e. The molecule has 1 N–H and O–H groups in total. The van der Waals surface area contributed by atoms with Gasteiger partial charge < -0.3 is 9.84 Å². The number of fused-ring (bicyclic) bond motifs is 1. The third-order valence-corrected chi connectivity index (χ3v) is 6.13. The van der Waals surface area contributed by atoms with Crippen molar-refractivity contribution in [2.24, 2.45) is 17.8 Å². The standard InChI is InChI=1S/C21H34O3/c1-6-7-8-9-20(22)24-19-13-21(23)16(5)10-11-17(14(2)3)18(21)12-15(19)4/h12,16-19,23H,2,6-11,13H2,1,3-5H3/t16-,17+,18+,19-,21-/m1/s1. The monoisotopic (exact) mass is 334 g/mol. The van der Waals surface area contributed by atoms with Gasteiger partial charge in [-0.2, -0.15) is 0 Å². The molecule has 0 radical (unpaired) electrons. The van der Waals surface area contributed by atoms with Gasteiger partial charge in [0.2, 0.25) is 0 Å². The van der Waals surface area contributed by atoms with Crippen molar-refractivity contribution in [2.45, 2.75) is 84.3 Å². The molecule has 24 heavy (non-hydrogen) atoms. The van der Waals surface area contributed by atoms with Crippen LogP contribution in [0.5, 0.6) is 0 Å². The number of ether oxygens (including phenoxy) is 1. The molecule has 0 bridgehead atoms. The molecule has 0 saturated heterocycles. The van der Waals surface area contributed by atoms with E-state index >= 15 is 0 Å². The number of rotatable bonds is 6. The summed E-state index contributed by atoms with van der Waals surface area (Å²) in [6.45, 7) is 12.5. The molecule has 3 heteroatoms. The summed E-state index contributed by atoms with van der Waals surface area (Å²) < 4.78 is 5.72. The predicted molar refractivity (Wildman–Crippen MR) is 97.5 cm³/mol. The van der Waals surface area contributed by atoms with Gasteiger partial charge in [-0.3, -0.25) is 4.79 Å². The summed E-state index contributed by atoms with van der Waals surface area (Å²) in [7, 11) is 0. The molecule has 0 unspecified atom stereocenters. The van der Waals surface area contributed by atoms with Crippen molar-refractivity contribution >= 4 is 5.97 Å². The van der Waals surface area contributed by atoms with Gasteiger partial charge in [0.1, 0.15) is 6.10 Å². The third kappa shape index (κ3) is 3.93. The quantitative estimate of drug-likeness (QED) is 0.431. The Bertz CT molecular complexity index is 507. The minimum atomic E-state index is -0.796. The Morgan fingerprint density at radius 2 is 2.12 bits per heavy atom. The highest BCUT2D eigenvalue weighted by Crippen LogP contribution is 2.50. The van der Waals surface area contributed by atoms with Crippen LogP contribution in [-0.4, -0.2) is 22.8 Å². The Balaban J connectivity index is 2.13. The van der Waals surface area contributed by atoms with Crippen LogP contribution in [0, 0.1) is 17.8 Å². The fourth-order valence-electron chi connectivity index (χ4n) is 4.41. The smallest absolute Gasteiger partial charge is 0.306 e.